The van der Waals surface area contributed by atoms with Crippen LogP contribution in [0.4, 0.5) is 0 Å². The lowest BCUT2D eigenvalue weighted by atomic mass is 10.2. The molecule has 1 N–H and O–H groups in total. The van der Waals surface area contributed by atoms with Crippen molar-refractivity contribution in [1.82, 2.24) is 4.98 Å². The Balaban J connectivity index is 2.01. The molecule has 0 atom stereocenters. The minimum Gasteiger partial charge on any atom is -0.361 e. The van der Waals surface area contributed by atoms with Gasteiger partial charge in [0.15, 0.2) is 7.14 Å². The van der Waals surface area contributed by atoms with E-state index in [-0.39, 0.29) is 0 Å². The standard InChI is InChI=1S/C20H16NOP/c22-23(17-7-3-1-4-8-17,18-9-5-2-6-10-18)19-11-12-20-16(15-19)13-14-21-20/h1-15,21H. The van der Waals surface area contributed by atoms with Gasteiger partial charge < -0.3 is 9.55 Å². The van der Waals surface area contributed by atoms with E-state index in [0.717, 1.165) is 26.8 Å². The van der Waals surface area contributed by atoms with Crippen LogP contribution in [0.3, 0.4) is 0 Å². The summed E-state index contributed by atoms with van der Waals surface area (Å²) in [4.78, 5) is 3.19. The van der Waals surface area contributed by atoms with Gasteiger partial charge in [0.2, 0.25) is 0 Å². The molecule has 3 heteroatoms. The van der Waals surface area contributed by atoms with E-state index in [1.165, 1.54) is 0 Å². The van der Waals surface area contributed by atoms with Gasteiger partial charge in [-0.05, 0) is 24.3 Å². The Hall–Kier alpha value is -2.57. The zero-order valence-electron chi connectivity index (χ0n) is 12.5. The summed E-state index contributed by atoms with van der Waals surface area (Å²) in [7, 11) is -2.87. The monoisotopic (exact) mass is 317 g/mol. The second kappa shape index (κ2) is 5.57. The van der Waals surface area contributed by atoms with E-state index >= 15 is 0 Å². The molecule has 0 fully saturated rings. The molecule has 0 unspecified atom stereocenters. The Kier molecular flexibility index (Phi) is 3.40. The predicted molar refractivity (Wildman–Crippen MR) is 97.7 cm³/mol. The van der Waals surface area contributed by atoms with Gasteiger partial charge in [0.1, 0.15) is 0 Å². The third kappa shape index (κ3) is 2.32. The molecule has 3 aromatic carbocycles. The summed E-state index contributed by atoms with van der Waals surface area (Å²) in [5.41, 5.74) is 1.06. The largest absolute Gasteiger partial charge is 0.361 e. The van der Waals surface area contributed by atoms with Gasteiger partial charge in [0.25, 0.3) is 0 Å². The van der Waals surface area contributed by atoms with Crippen molar-refractivity contribution in [1.29, 1.82) is 0 Å². The van der Waals surface area contributed by atoms with Crippen LogP contribution in [-0.2, 0) is 4.57 Å². The minimum atomic E-state index is -2.87. The maximum Gasteiger partial charge on any atom is 0.171 e. The van der Waals surface area contributed by atoms with Crippen molar-refractivity contribution in [3.8, 4) is 0 Å². The molecule has 2 nitrogen and oxygen atoms in total. The summed E-state index contributed by atoms with van der Waals surface area (Å²) in [6, 6.07) is 27.5. The summed E-state index contributed by atoms with van der Waals surface area (Å²) < 4.78 is 14.2. The Labute approximate surface area is 135 Å². The van der Waals surface area contributed by atoms with Crippen LogP contribution in [0.1, 0.15) is 0 Å². The highest BCUT2D eigenvalue weighted by Gasteiger charge is 2.29. The Morgan fingerprint density at radius 3 is 1.87 bits per heavy atom. The molecule has 112 valence electrons. The van der Waals surface area contributed by atoms with Crippen LogP contribution >= 0.6 is 7.14 Å². The number of aromatic nitrogens is 1. The van der Waals surface area contributed by atoms with Crippen molar-refractivity contribution < 1.29 is 4.57 Å². The van der Waals surface area contributed by atoms with E-state index in [9.17, 15) is 4.57 Å². The average molecular weight is 317 g/mol. The topological polar surface area (TPSA) is 32.9 Å². The molecule has 1 aromatic heterocycles. The smallest absolute Gasteiger partial charge is 0.171 e. The molecule has 1 heterocycles. The summed E-state index contributed by atoms with van der Waals surface area (Å²) >= 11 is 0. The molecule has 0 aliphatic carbocycles. The van der Waals surface area contributed by atoms with Gasteiger partial charge in [-0.25, -0.2) is 0 Å². The number of benzene rings is 3. The van der Waals surface area contributed by atoms with Crippen molar-refractivity contribution in [2.75, 3.05) is 0 Å². The molecule has 0 radical (unpaired) electrons. The molecule has 0 aliphatic heterocycles. The lowest BCUT2D eigenvalue weighted by Gasteiger charge is -2.20. The normalized spacial score (nSPS) is 11.7. The quantitative estimate of drug-likeness (QED) is 0.573. The van der Waals surface area contributed by atoms with E-state index in [4.69, 9.17) is 0 Å². The first-order valence-corrected chi connectivity index (χ1v) is 9.28. The Morgan fingerprint density at radius 1 is 0.652 bits per heavy atom. The number of hydrogen-bond acceptors (Lipinski definition) is 1. The van der Waals surface area contributed by atoms with Crippen LogP contribution in [0.5, 0.6) is 0 Å². The molecular weight excluding hydrogens is 301 g/mol. The van der Waals surface area contributed by atoms with E-state index in [0.29, 0.717) is 0 Å². The highest BCUT2D eigenvalue weighted by atomic mass is 31.2. The molecular formula is C20H16NOP. The fourth-order valence-electron chi connectivity index (χ4n) is 2.96. The number of hydrogen-bond donors (Lipinski definition) is 1. The summed E-state index contributed by atoms with van der Waals surface area (Å²) in [5, 5.41) is 3.67. The number of aromatic amines is 1. The SMILES string of the molecule is O=P(c1ccccc1)(c1ccccc1)c1ccc2[nH]ccc2c1. The van der Waals surface area contributed by atoms with Gasteiger partial charge in [0, 0.05) is 33.0 Å². The fraction of sp³-hybridized carbons (Fsp3) is 0. The van der Waals surface area contributed by atoms with Gasteiger partial charge in [0.05, 0.1) is 0 Å². The van der Waals surface area contributed by atoms with Crippen LogP contribution in [0, 0.1) is 0 Å². The van der Waals surface area contributed by atoms with Crippen molar-refractivity contribution in [2.24, 2.45) is 0 Å². The average Bonchev–Trinajstić information content (AvgIpc) is 3.10. The Bertz CT molecular complexity index is 946. The highest BCUT2D eigenvalue weighted by molar-refractivity contribution is 7.85. The van der Waals surface area contributed by atoms with Crippen LogP contribution in [0.2, 0.25) is 0 Å². The molecule has 0 spiro atoms. The van der Waals surface area contributed by atoms with Crippen LogP contribution < -0.4 is 15.9 Å². The minimum absolute atomic E-state index is 0.862. The molecule has 0 saturated carbocycles. The predicted octanol–water partition coefficient (Wildman–Crippen LogP) is 3.81. The third-order valence-electron chi connectivity index (χ3n) is 4.14. The van der Waals surface area contributed by atoms with Crippen LogP contribution in [0.25, 0.3) is 10.9 Å². The summed E-state index contributed by atoms with van der Waals surface area (Å²) in [6.45, 7) is 0. The summed E-state index contributed by atoms with van der Waals surface area (Å²) in [6.07, 6.45) is 1.91. The second-order valence-electron chi connectivity index (χ2n) is 5.53. The second-order valence-corrected chi connectivity index (χ2v) is 8.30. The van der Waals surface area contributed by atoms with E-state index in [2.05, 4.69) is 4.98 Å². The maximum atomic E-state index is 14.2. The first-order chi connectivity index (χ1) is 11.3. The maximum absolute atomic E-state index is 14.2. The van der Waals surface area contributed by atoms with Gasteiger partial charge in [-0.1, -0.05) is 60.7 Å². The molecule has 4 rings (SSSR count). The first-order valence-electron chi connectivity index (χ1n) is 7.57. The van der Waals surface area contributed by atoms with E-state index < -0.39 is 7.14 Å². The summed E-state index contributed by atoms with van der Waals surface area (Å²) in [5.74, 6) is 0. The zero-order chi connectivity index (χ0) is 15.7. The van der Waals surface area contributed by atoms with Gasteiger partial charge >= 0.3 is 0 Å². The molecule has 0 aliphatic rings. The number of fused-ring (bicyclic) bond motifs is 1. The molecule has 23 heavy (non-hydrogen) atoms. The molecule has 0 bridgehead atoms. The fourth-order valence-corrected chi connectivity index (χ4v) is 5.64. The molecule has 0 amide bonds. The first kappa shape index (κ1) is 14.0. The number of H-pyrrole nitrogens is 1. The lowest BCUT2D eigenvalue weighted by molar-refractivity contribution is 0.592. The van der Waals surface area contributed by atoms with Crippen LogP contribution in [-0.4, -0.2) is 4.98 Å². The Morgan fingerprint density at radius 2 is 1.26 bits per heavy atom. The third-order valence-corrected chi connectivity index (χ3v) is 7.20. The van der Waals surface area contributed by atoms with Gasteiger partial charge in [-0.15, -0.1) is 0 Å². The van der Waals surface area contributed by atoms with Crippen molar-refractivity contribution in [3.05, 3.63) is 91.1 Å². The molecule has 0 saturated heterocycles. The number of rotatable bonds is 3. The van der Waals surface area contributed by atoms with E-state index in [1.807, 2.05) is 91.1 Å². The van der Waals surface area contributed by atoms with E-state index in [1.54, 1.807) is 0 Å². The van der Waals surface area contributed by atoms with Gasteiger partial charge in [-0.2, -0.15) is 0 Å². The van der Waals surface area contributed by atoms with Crippen molar-refractivity contribution in [2.45, 2.75) is 0 Å². The molecule has 4 aromatic rings. The van der Waals surface area contributed by atoms with Crippen molar-refractivity contribution in [3.63, 3.8) is 0 Å². The zero-order valence-corrected chi connectivity index (χ0v) is 13.4. The van der Waals surface area contributed by atoms with Gasteiger partial charge in [-0.3, -0.25) is 0 Å². The highest BCUT2D eigenvalue weighted by Crippen LogP contribution is 2.42. The lowest BCUT2D eigenvalue weighted by Crippen LogP contribution is -2.24. The number of nitrogens with one attached hydrogen (secondary N) is 1. The van der Waals surface area contributed by atoms with Crippen molar-refractivity contribution >= 4 is 34.0 Å². The van der Waals surface area contributed by atoms with Crippen LogP contribution in [0.15, 0.2) is 91.1 Å².